The van der Waals surface area contributed by atoms with Crippen LogP contribution in [0.1, 0.15) is 42.5 Å². The van der Waals surface area contributed by atoms with Crippen molar-refractivity contribution in [1.82, 2.24) is 15.2 Å². The van der Waals surface area contributed by atoms with Crippen molar-refractivity contribution in [2.24, 2.45) is 0 Å². The molecular formula is C19H25N3O3. The predicted molar refractivity (Wildman–Crippen MR) is 96.6 cm³/mol. The number of aromatic nitrogens is 1. The molecule has 1 aliphatic carbocycles. The maximum absolute atomic E-state index is 12.2. The summed E-state index contributed by atoms with van der Waals surface area (Å²) in [4.78, 5) is 29.4. The highest BCUT2D eigenvalue weighted by Crippen LogP contribution is 2.21. The van der Waals surface area contributed by atoms with Gasteiger partial charge >= 0.3 is 0 Å². The number of carbonyl (C=O) groups is 1. The molecule has 2 heterocycles. The topological polar surface area (TPSA) is 78.3 Å². The van der Waals surface area contributed by atoms with E-state index in [0.717, 1.165) is 6.54 Å². The Hall–Kier alpha value is -2.34. The highest BCUT2D eigenvalue weighted by atomic mass is 16.3. The van der Waals surface area contributed by atoms with Crippen molar-refractivity contribution in [1.29, 1.82) is 0 Å². The molecule has 2 N–H and O–H groups in total. The molecule has 1 aliphatic rings. The van der Waals surface area contributed by atoms with Crippen molar-refractivity contribution >= 4 is 5.91 Å². The summed E-state index contributed by atoms with van der Waals surface area (Å²) in [5, 5.41) is 2.84. The van der Waals surface area contributed by atoms with Gasteiger partial charge in [0.1, 0.15) is 11.3 Å². The third kappa shape index (κ3) is 4.39. The van der Waals surface area contributed by atoms with Gasteiger partial charge in [-0.05, 0) is 44.2 Å². The van der Waals surface area contributed by atoms with E-state index < -0.39 is 5.56 Å². The normalized spacial score (nSPS) is 15.4. The van der Waals surface area contributed by atoms with Crippen LogP contribution in [0.2, 0.25) is 0 Å². The van der Waals surface area contributed by atoms with Crippen LogP contribution in [-0.4, -0.2) is 42.0 Å². The Kier molecular flexibility index (Phi) is 5.71. The fraction of sp³-hybridized carbons (Fsp3) is 0.474. The van der Waals surface area contributed by atoms with Crippen molar-refractivity contribution in [3.05, 3.63) is 46.4 Å². The fourth-order valence-electron chi connectivity index (χ4n) is 3.37. The number of carbonyl (C=O) groups excluding carboxylic acids is 1. The summed E-state index contributed by atoms with van der Waals surface area (Å²) in [5.41, 5.74) is 0.270. The summed E-state index contributed by atoms with van der Waals surface area (Å²) in [6.45, 7) is 1.32. The van der Waals surface area contributed by atoms with E-state index in [0.29, 0.717) is 24.0 Å². The van der Waals surface area contributed by atoms with Crippen molar-refractivity contribution in [3.8, 4) is 11.5 Å². The highest BCUT2D eigenvalue weighted by molar-refractivity contribution is 5.94. The molecule has 1 saturated carbocycles. The molecule has 0 saturated heterocycles. The Morgan fingerprint density at radius 2 is 2.08 bits per heavy atom. The number of nitrogens with one attached hydrogen (secondary N) is 2. The first-order valence-corrected chi connectivity index (χ1v) is 8.91. The average molecular weight is 343 g/mol. The number of hydrogen-bond donors (Lipinski definition) is 2. The first-order valence-electron chi connectivity index (χ1n) is 8.91. The van der Waals surface area contributed by atoms with E-state index in [9.17, 15) is 9.59 Å². The number of amides is 1. The Bertz CT molecular complexity index is 746. The van der Waals surface area contributed by atoms with Crippen LogP contribution < -0.4 is 10.9 Å². The number of furan rings is 1. The fourth-order valence-corrected chi connectivity index (χ4v) is 3.37. The summed E-state index contributed by atoms with van der Waals surface area (Å²) >= 11 is 0. The maximum Gasteiger partial charge on any atom is 0.261 e. The summed E-state index contributed by atoms with van der Waals surface area (Å²) in [6, 6.07) is 7.34. The number of pyridine rings is 1. The predicted octanol–water partition coefficient (Wildman–Crippen LogP) is 2.63. The van der Waals surface area contributed by atoms with Crippen LogP contribution in [0.5, 0.6) is 0 Å². The van der Waals surface area contributed by atoms with Gasteiger partial charge in [0.2, 0.25) is 0 Å². The lowest BCUT2D eigenvalue weighted by molar-refractivity contribution is 0.0943. The average Bonchev–Trinajstić information content (AvgIpc) is 3.17. The molecule has 0 aliphatic heterocycles. The van der Waals surface area contributed by atoms with Gasteiger partial charge in [0.25, 0.3) is 11.5 Å². The zero-order chi connectivity index (χ0) is 17.6. The SMILES string of the molecule is CN(CCNC(=O)c1ccc(-c2ccco2)[nH]c1=O)C1CCCCC1. The third-order valence-electron chi connectivity index (χ3n) is 4.89. The summed E-state index contributed by atoms with van der Waals surface area (Å²) < 4.78 is 5.25. The van der Waals surface area contributed by atoms with Crippen LogP contribution in [0, 0.1) is 0 Å². The smallest absolute Gasteiger partial charge is 0.261 e. The van der Waals surface area contributed by atoms with Crippen molar-refractivity contribution in [2.45, 2.75) is 38.1 Å². The highest BCUT2D eigenvalue weighted by Gasteiger charge is 2.18. The number of H-pyrrole nitrogens is 1. The molecule has 0 atom stereocenters. The van der Waals surface area contributed by atoms with E-state index in [2.05, 4.69) is 22.2 Å². The lowest BCUT2D eigenvalue weighted by Gasteiger charge is -2.31. The van der Waals surface area contributed by atoms with E-state index in [1.54, 1.807) is 18.2 Å². The molecule has 0 aromatic carbocycles. The van der Waals surface area contributed by atoms with Gasteiger partial charge in [0.15, 0.2) is 0 Å². The van der Waals surface area contributed by atoms with E-state index in [1.807, 2.05) is 0 Å². The van der Waals surface area contributed by atoms with Gasteiger partial charge in [-0.15, -0.1) is 0 Å². The molecule has 6 nitrogen and oxygen atoms in total. The molecule has 2 aromatic rings. The summed E-state index contributed by atoms with van der Waals surface area (Å²) in [6.07, 6.45) is 7.92. The lowest BCUT2D eigenvalue weighted by atomic mass is 9.94. The zero-order valence-corrected chi connectivity index (χ0v) is 14.6. The second-order valence-electron chi connectivity index (χ2n) is 6.62. The molecule has 0 unspecified atom stereocenters. The summed E-state index contributed by atoms with van der Waals surface area (Å²) in [7, 11) is 2.10. The molecule has 1 fully saturated rings. The first kappa shape index (κ1) is 17.5. The molecule has 134 valence electrons. The molecule has 25 heavy (non-hydrogen) atoms. The Morgan fingerprint density at radius 3 is 2.76 bits per heavy atom. The summed E-state index contributed by atoms with van der Waals surface area (Å²) in [5.74, 6) is 0.224. The Morgan fingerprint density at radius 1 is 1.28 bits per heavy atom. The van der Waals surface area contributed by atoms with Gasteiger partial charge in [-0.3, -0.25) is 9.59 Å². The number of likely N-dealkylation sites (N-methyl/N-ethyl adjacent to an activating group) is 1. The van der Waals surface area contributed by atoms with Gasteiger partial charge in [-0.2, -0.15) is 0 Å². The van der Waals surface area contributed by atoms with Crippen LogP contribution >= 0.6 is 0 Å². The molecule has 2 aromatic heterocycles. The van der Waals surface area contributed by atoms with E-state index in [1.165, 1.54) is 44.4 Å². The van der Waals surface area contributed by atoms with E-state index in [4.69, 9.17) is 4.42 Å². The minimum absolute atomic E-state index is 0.121. The zero-order valence-electron chi connectivity index (χ0n) is 14.6. The molecule has 6 heteroatoms. The van der Waals surface area contributed by atoms with Gasteiger partial charge < -0.3 is 19.6 Å². The largest absolute Gasteiger partial charge is 0.463 e. The number of aromatic amines is 1. The van der Waals surface area contributed by atoms with Crippen LogP contribution in [-0.2, 0) is 0 Å². The minimum Gasteiger partial charge on any atom is -0.463 e. The van der Waals surface area contributed by atoms with Crippen molar-refractivity contribution in [3.63, 3.8) is 0 Å². The van der Waals surface area contributed by atoms with Crippen LogP contribution in [0.3, 0.4) is 0 Å². The number of rotatable bonds is 6. The number of hydrogen-bond acceptors (Lipinski definition) is 4. The van der Waals surface area contributed by atoms with Crippen LogP contribution in [0.15, 0.2) is 39.7 Å². The molecule has 3 rings (SSSR count). The second-order valence-corrected chi connectivity index (χ2v) is 6.62. The van der Waals surface area contributed by atoms with Gasteiger partial charge in [-0.25, -0.2) is 0 Å². The van der Waals surface area contributed by atoms with Crippen LogP contribution in [0.25, 0.3) is 11.5 Å². The number of nitrogens with zero attached hydrogens (tertiary/aromatic N) is 1. The van der Waals surface area contributed by atoms with Gasteiger partial charge in [0.05, 0.1) is 12.0 Å². The van der Waals surface area contributed by atoms with Crippen molar-refractivity contribution in [2.75, 3.05) is 20.1 Å². The lowest BCUT2D eigenvalue weighted by Crippen LogP contribution is -2.40. The molecule has 1 amide bonds. The minimum atomic E-state index is -0.410. The third-order valence-corrected chi connectivity index (χ3v) is 4.89. The molecular weight excluding hydrogens is 318 g/mol. The maximum atomic E-state index is 12.2. The molecule has 0 radical (unpaired) electrons. The van der Waals surface area contributed by atoms with Gasteiger partial charge in [0, 0.05) is 19.1 Å². The quantitative estimate of drug-likeness (QED) is 0.845. The van der Waals surface area contributed by atoms with E-state index in [-0.39, 0.29) is 11.5 Å². The van der Waals surface area contributed by atoms with E-state index >= 15 is 0 Å². The second kappa shape index (κ2) is 8.16. The monoisotopic (exact) mass is 343 g/mol. The molecule has 0 bridgehead atoms. The first-order chi connectivity index (χ1) is 12.1. The van der Waals surface area contributed by atoms with Gasteiger partial charge in [-0.1, -0.05) is 19.3 Å². The Balaban J connectivity index is 1.53. The standard InChI is InChI=1S/C19H25N3O3/c1-22(14-6-3-2-4-7-14)12-11-20-18(23)15-9-10-16(21-19(15)24)17-8-5-13-25-17/h5,8-10,13-14H,2-4,6-7,11-12H2,1H3,(H,20,23)(H,21,24). The van der Waals surface area contributed by atoms with Crippen LogP contribution in [0.4, 0.5) is 0 Å². The Labute approximate surface area is 147 Å². The molecule has 0 spiro atoms. The van der Waals surface area contributed by atoms with Crippen molar-refractivity contribution < 1.29 is 9.21 Å².